The summed E-state index contributed by atoms with van der Waals surface area (Å²) in [6.07, 6.45) is 5.62. The molecule has 4 nitrogen and oxygen atoms in total. The molecule has 0 aromatic rings. The van der Waals surface area contributed by atoms with Gasteiger partial charge >= 0.3 is 5.97 Å². The Kier molecular flexibility index (Phi) is 3.32. The summed E-state index contributed by atoms with van der Waals surface area (Å²) in [5.74, 6) is 0.849. The molecule has 4 heteroatoms. The average Bonchev–Trinajstić information content (AvgIpc) is 2.48. The van der Waals surface area contributed by atoms with Gasteiger partial charge in [-0.3, -0.25) is 9.69 Å². The maximum atomic E-state index is 12.3. The number of rotatable bonds is 2. The van der Waals surface area contributed by atoms with Crippen molar-refractivity contribution in [3.63, 3.8) is 0 Å². The van der Waals surface area contributed by atoms with Crippen LogP contribution in [0.5, 0.6) is 0 Å². The van der Waals surface area contributed by atoms with Gasteiger partial charge in [-0.05, 0) is 38.0 Å². The van der Waals surface area contributed by atoms with Crippen molar-refractivity contribution in [3.05, 3.63) is 0 Å². The zero-order valence-electron chi connectivity index (χ0n) is 11.2. The topological polar surface area (TPSA) is 38.8 Å². The van der Waals surface area contributed by atoms with E-state index >= 15 is 0 Å². The fraction of sp³-hybridized carbons (Fsp3) is 0.929. The maximum Gasteiger partial charge on any atom is 0.313 e. The number of carbonyl (C=O) groups excluding carboxylic acids is 1. The predicted molar refractivity (Wildman–Crippen MR) is 67.2 cm³/mol. The van der Waals surface area contributed by atoms with Gasteiger partial charge in [-0.15, -0.1) is 0 Å². The number of nitrogens with zero attached hydrogens (tertiary/aromatic N) is 1. The fourth-order valence-electron chi connectivity index (χ4n) is 4.23. The first kappa shape index (κ1) is 12.4. The summed E-state index contributed by atoms with van der Waals surface area (Å²) in [5, 5.41) is 0. The van der Waals surface area contributed by atoms with Crippen molar-refractivity contribution in [1.29, 1.82) is 0 Å². The van der Waals surface area contributed by atoms with Crippen LogP contribution in [0.15, 0.2) is 0 Å². The zero-order chi connectivity index (χ0) is 12.6. The van der Waals surface area contributed by atoms with E-state index in [0.717, 1.165) is 45.1 Å². The van der Waals surface area contributed by atoms with E-state index in [1.54, 1.807) is 0 Å². The summed E-state index contributed by atoms with van der Waals surface area (Å²) in [5.41, 5.74) is -0.221. The van der Waals surface area contributed by atoms with Crippen molar-refractivity contribution < 1.29 is 14.3 Å². The molecular weight excluding hydrogens is 230 g/mol. The Morgan fingerprint density at radius 2 is 1.94 bits per heavy atom. The van der Waals surface area contributed by atoms with Gasteiger partial charge in [0.1, 0.15) is 0 Å². The number of morpholine rings is 1. The minimum absolute atomic E-state index is 0.0251. The highest BCUT2D eigenvalue weighted by Crippen LogP contribution is 2.52. The first-order valence-electron chi connectivity index (χ1n) is 7.16. The van der Waals surface area contributed by atoms with E-state index in [1.807, 2.05) is 0 Å². The molecule has 1 aliphatic heterocycles. The number of fused-ring (bicyclic) bond motifs is 3. The third kappa shape index (κ3) is 1.86. The number of hydrogen-bond donors (Lipinski definition) is 0. The van der Waals surface area contributed by atoms with Crippen molar-refractivity contribution in [2.45, 2.75) is 38.1 Å². The van der Waals surface area contributed by atoms with Gasteiger partial charge in [0.2, 0.25) is 0 Å². The molecular formula is C14H23NO3. The summed E-state index contributed by atoms with van der Waals surface area (Å²) in [7, 11) is 1.54. The minimum Gasteiger partial charge on any atom is -0.469 e. The third-order valence-electron chi connectivity index (χ3n) is 5.27. The van der Waals surface area contributed by atoms with Crippen LogP contribution in [0.1, 0.15) is 32.1 Å². The van der Waals surface area contributed by atoms with Gasteiger partial charge in [0.15, 0.2) is 0 Å². The van der Waals surface area contributed by atoms with E-state index in [0.29, 0.717) is 6.04 Å². The number of methoxy groups -OCH3 is 1. The normalized spacial score (nSPS) is 40.7. The predicted octanol–water partition coefficient (Wildman–Crippen LogP) is 1.44. The zero-order valence-corrected chi connectivity index (χ0v) is 11.2. The van der Waals surface area contributed by atoms with Gasteiger partial charge in [-0.2, -0.15) is 0 Å². The standard InChI is InChI=1S/C14H23NO3/c1-17-13(16)14-4-2-11(3-5-14)10-12(14)15-6-8-18-9-7-15/h11-12H,2-10H2,1H3. The van der Waals surface area contributed by atoms with Crippen LogP contribution in [0, 0.1) is 11.3 Å². The Balaban J connectivity index is 1.84. The molecule has 0 spiro atoms. The van der Waals surface area contributed by atoms with E-state index in [-0.39, 0.29) is 11.4 Å². The Labute approximate surface area is 109 Å². The number of hydrogen-bond acceptors (Lipinski definition) is 4. The van der Waals surface area contributed by atoms with Crippen molar-refractivity contribution in [2.24, 2.45) is 11.3 Å². The van der Waals surface area contributed by atoms with Crippen LogP contribution in [0.25, 0.3) is 0 Å². The molecule has 0 N–H and O–H groups in total. The van der Waals surface area contributed by atoms with Crippen LogP contribution in [0.2, 0.25) is 0 Å². The molecule has 0 amide bonds. The minimum atomic E-state index is -0.221. The van der Waals surface area contributed by atoms with E-state index in [1.165, 1.54) is 26.4 Å². The van der Waals surface area contributed by atoms with Gasteiger partial charge in [-0.1, -0.05) is 0 Å². The molecule has 1 saturated heterocycles. The Morgan fingerprint density at radius 3 is 2.56 bits per heavy atom. The maximum absolute atomic E-state index is 12.3. The highest BCUT2D eigenvalue weighted by molar-refractivity contribution is 5.78. The van der Waals surface area contributed by atoms with Crippen molar-refractivity contribution in [3.8, 4) is 0 Å². The summed E-state index contributed by atoms with van der Waals surface area (Å²) in [4.78, 5) is 14.8. The van der Waals surface area contributed by atoms with Crippen LogP contribution < -0.4 is 0 Å². The second-order valence-corrected chi connectivity index (χ2v) is 5.99. The SMILES string of the molecule is COC(=O)C12CCC(CC1)CC2N1CCOCC1. The lowest BCUT2D eigenvalue weighted by molar-refractivity contribution is -0.170. The first-order valence-corrected chi connectivity index (χ1v) is 7.16. The molecule has 102 valence electrons. The molecule has 1 atom stereocenters. The second-order valence-electron chi connectivity index (χ2n) is 5.99. The van der Waals surface area contributed by atoms with Crippen LogP contribution >= 0.6 is 0 Å². The molecule has 0 aromatic heterocycles. The molecule has 0 radical (unpaired) electrons. The summed E-state index contributed by atoms with van der Waals surface area (Å²) >= 11 is 0. The van der Waals surface area contributed by atoms with Gasteiger partial charge in [0, 0.05) is 19.1 Å². The lowest BCUT2D eigenvalue weighted by Gasteiger charge is -2.54. The van der Waals surface area contributed by atoms with Gasteiger partial charge in [0.25, 0.3) is 0 Å². The third-order valence-corrected chi connectivity index (χ3v) is 5.27. The number of ether oxygens (including phenoxy) is 2. The monoisotopic (exact) mass is 253 g/mol. The van der Waals surface area contributed by atoms with E-state index in [9.17, 15) is 4.79 Å². The van der Waals surface area contributed by atoms with Crippen molar-refractivity contribution in [1.82, 2.24) is 4.90 Å². The molecule has 4 aliphatic rings. The highest BCUT2D eigenvalue weighted by Gasteiger charge is 2.55. The summed E-state index contributed by atoms with van der Waals surface area (Å²) < 4.78 is 10.6. The Bertz CT molecular complexity index is 317. The van der Waals surface area contributed by atoms with E-state index < -0.39 is 0 Å². The van der Waals surface area contributed by atoms with Crippen LogP contribution in [0.3, 0.4) is 0 Å². The van der Waals surface area contributed by atoms with Crippen LogP contribution in [0.4, 0.5) is 0 Å². The lowest BCUT2D eigenvalue weighted by atomic mass is 9.57. The van der Waals surface area contributed by atoms with Gasteiger partial charge in [-0.25, -0.2) is 0 Å². The largest absolute Gasteiger partial charge is 0.469 e. The molecule has 4 fully saturated rings. The smallest absolute Gasteiger partial charge is 0.313 e. The van der Waals surface area contributed by atoms with E-state index in [2.05, 4.69) is 4.90 Å². The Hall–Kier alpha value is -0.610. The molecule has 3 aliphatic carbocycles. The second kappa shape index (κ2) is 4.82. The quantitative estimate of drug-likeness (QED) is 0.698. The molecule has 1 heterocycles. The average molecular weight is 253 g/mol. The summed E-state index contributed by atoms with van der Waals surface area (Å²) in [6, 6.07) is 0.390. The van der Waals surface area contributed by atoms with Gasteiger partial charge in [0.05, 0.1) is 25.7 Å². The van der Waals surface area contributed by atoms with Crippen LogP contribution in [-0.2, 0) is 14.3 Å². The van der Waals surface area contributed by atoms with E-state index in [4.69, 9.17) is 9.47 Å². The molecule has 0 aromatic carbocycles. The molecule has 4 rings (SSSR count). The molecule has 18 heavy (non-hydrogen) atoms. The van der Waals surface area contributed by atoms with Crippen LogP contribution in [-0.4, -0.2) is 50.3 Å². The molecule has 2 bridgehead atoms. The van der Waals surface area contributed by atoms with Crippen molar-refractivity contribution in [2.75, 3.05) is 33.4 Å². The Morgan fingerprint density at radius 1 is 1.28 bits per heavy atom. The first-order chi connectivity index (χ1) is 8.76. The van der Waals surface area contributed by atoms with Gasteiger partial charge < -0.3 is 9.47 Å². The highest BCUT2D eigenvalue weighted by atomic mass is 16.5. The number of esters is 1. The molecule has 1 unspecified atom stereocenters. The summed E-state index contributed by atoms with van der Waals surface area (Å²) in [6.45, 7) is 3.54. The number of carbonyl (C=O) groups is 1. The van der Waals surface area contributed by atoms with Crippen molar-refractivity contribution >= 4 is 5.97 Å². The lowest BCUT2D eigenvalue weighted by Crippen LogP contribution is -2.60. The fourth-order valence-corrected chi connectivity index (χ4v) is 4.23. The molecule has 3 saturated carbocycles.